The van der Waals surface area contributed by atoms with Crippen LogP contribution in [-0.2, 0) is 12.8 Å². The number of hydrogen-bond donors (Lipinski definition) is 1. The molecule has 1 aliphatic heterocycles. The van der Waals surface area contributed by atoms with Crippen molar-refractivity contribution in [2.45, 2.75) is 19.3 Å². The van der Waals surface area contributed by atoms with E-state index in [1.165, 1.54) is 28.8 Å². The molecule has 1 N–H and O–H groups in total. The fraction of sp³-hybridized carbons (Fsp3) is 0.261. The van der Waals surface area contributed by atoms with Crippen LogP contribution in [-0.4, -0.2) is 22.9 Å². The van der Waals surface area contributed by atoms with Crippen molar-refractivity contribution in [1.82, 2.24) is 15.1 Å². The molecule has 0 saturated carbocycles. The van der Waals surface area contributed by atoms with E-state index in [0.29, 0.717) is 0 Å². The highest BCUT2D eigenvalue weighted by molar-refractivity contribution is 5.85. The van der Waals surface area contributed by atoms with Gasteiger partial charge in [0.2, 0.25) is 0 Å². The molecule has 2 aliphatic rings. The summed E-state index contributed by atoms with van der Waals surface area (Å²) in [6.45, 7) is 2.01. The summed E-state index contributed by atoms with van der Waals surface area (Å²) in [4.78, 5) is 0. The van der Waals surface area contributed by atoms with E-state index >= 15 is 0 Å². The molecule has 1 aromatic heterocycles. The molecule has 1 saturated heterocycles. The number of hydrogen-bond acceptors (Lipinski definition) is 2. The van der Waals surface area contributed by atoms with Crippen LogP contribution in [0.25, 0.3) is 11.8 Å². The lowest BCUT2D eigenvalue weighted by Crippen LogP contribution is -2.46. The van der Waals surface area contributed by atoms with E-state index in [4.69, 9.17) is 0 Å². The molecule has 5 rings (SSSR count). The van der Waals surface area contributed by atoms with E-state index in [9.17, 15) is 4.39 Å². The topological polar surface area (TPSA) is 29.9 Å². The lowest BCUT2D eigenvalue weighted by Gasteiger charge is -2.43. The first kappa shape index (κ1) is 18.9. The predicted octanol–water partition coefficient (Wildman–Crippen LogP) is 4.60. The van der Waals surface area contributed by atoms with Gasteiger partial charge in [-0.3, -0.25) is 0 Å². The molecule has 3 aromatic rings. The van der Waals surface area contributed by atoms with Gasteiger partial charge in [-0.1, -0.05) is 35.9 Å². The molecule has 2 heterocycles. The predicted molar refractivity (Wildman–Crippen MR) is 113 cm³/mol. The summed E-state index contributed by atoms with van der Waals surface area (Å²) in [6, 6.07) is 17.3. The molecule has 3 nitrogen and oxygen atoms in total. The molecule has 1 unspecified atom stereocenters. The van der Waals surface area contributed by atoms with Crippen LogP contribution in [0.3, 0.4) is 0 Å². The molecule has 0 bridgehead atoms. The van der Waals surface area contributed by atoms with Crippen molar-refractivity contribution < 1.29 is 4.39 Å². The first-order valence-corrected chi connectivity index (χ1v) is 9.52. The minimum Gasteiger partial charge on any atom is -0.316 e. The molecule has 1 atom stereocenters. The summed E-state index contributed by atoms with van der Waals surface area (Å²) in [6.07, 6.45) is 7.39. The Balaban J connectivity index is 0.00000192. The molecule has 0 radical (unpaired) electrons. The van der Waals surface area contributed by atoms with Gasteiger partial charge in [0.1, 0.15) is 5.82 Å². The molecule has 5 heteroatoms. The molecular weight excluding hydrogens is 373 g/mol. The number of halogens is 2. The number of rotatable bonds is 3. The highest BCUT2D eigenvalue weighted by Gasteiger charge is 2.40. The molecule has 28 heavy (non-hydrogen) atoms. The standard InChI is InChI=1S/C23H22FN3.ClH/c24-20-6-8-21(9-7-20)27-22-12-19-10-11-25-16-23(19,14-18(22)15-26-27)13-17-4-2-1-3-5-17;/h1-9,12,15,25H,10-11,13-14,16H2;1H. The minimum atomic E-state index is -0.224. The SMILES string of the molecule is Cl.Fc1ccc(-n2ncc3c2C=C2CCNCC2(Cc2ccccc2)C3)cc1. The van der Waals surface area contributed by atoms with Crippen LogP contribution in [0.15, 0.2) is 66.4 Å². The van der Waals surface area contributed by atoms with Crippen molar-refractivity contribution in [3.8, 4) is 5.69 Å². The molecule has 1 fully saturated rings. The zero-order valence-electron chi connectivity index (χ0n) is 15.6. The van der Waals surface area contributed by atoms with Gasteiger partial charge in [0.15, 0.2) is 0 Å². The number of piperidine rings is 1. The molecule has 144 valence electrons. The fourth-order valence-electron chi connectivity index (χ4n) is 4.56. The third kappa shape index (κ3) is 3.27. The third-order valence-corrected chi connectivity index (χ3v) is 5.90. The van der Waals surface area contributed by atoms with E-state index < -0.39 is 0 Å². The maximum atomic E-state index is 13.3. The molecule has 0 spiro atoms. The van der Waals surface area contributed by atoms with Gasteiger partial charge < -0.3 is 5.32 Å². The van der Waals surface area contributed by atoms with E-state index in [0.717, 1.165) is 43.7 Å². The Bertz CT molecular complexity index is 994. The second-order valence-electron chi connectivity index (χ2n) is 7.66. The lowest BCUT2D eigenvalue weighted by molar-refractivity contribution is 0.286. The Morgan fingerprint density at radius 1 is 1.07 bits per heavy atom. The van der Waals surface area contributed by atoms with Gasteiger partial charge >= 0.3 is 0 Å². The zero-order chi connectivity index (χ0) is 18.3. The molecule has 1 aliphatic carbocycles. The quantitative estimate of drug-likeness (QED) is 0.702. The maximum absolute atomic E-state index is 13.3. The smallest absolute Gasteiger partial charge is 0.123 e. The number of fused-ring (bicyclic) bond motifs is 2. The second-order valence-corrected chi connectivity index (χ2v) is 7.66. The van der Waals surface area contributed by atoms with Gasteiger partial charge in [-0.2, -0.15) is 5.10 Å². The van der Waals surface area contributed by atoms with Crippen LogP contribution < -0.4 is 5.32 Å². The minimum absolute atomic E-state index is 0. The monoisotopic (exact) mass is 395 g/mol. The summed E-state index contributed by atoms with van der Waals surface area (Å²) in [7, 11) is 0. The average Bonchev–Trinajstić information content (AvgIpc) is 3.09. The first-order valence-electron chi connectivity index (χ1n) is 9.52. The van der Waals surface area contributed by atoms with Crippen LogP contribution in [0.4, 0.5) is 4.39 Å². The summed E-state index contributed by atoms with van der Waals surface area (Å²) in [5, 5.41) is 8.23. The highest BCUT2D eigenvalue weighted by Crippen LogP contribution is 2.44. The maximum Gasteiger partial charge on any atom is 0.123 e. The van der Waals surface area contributed by atoms with Crippen LogP contribution in [0, 0.1) is 11.2 Å². The van der Waals surface area contributed by atoms with Gasteiger partial charge in [-0.25, -0.2) is 9.07 Å². The van der Waals surface area contributed by atoms with Gasteiger partial charge in [-0.05, 0) is 67.3 Å². The average molecular weight is 396 g/mol. The largest absolute Gasteiger partial charge is 0.316 e. The van der Waals surface area contributed by atoms with Crippen molar-refractivity contribution in [1.29, 1.82) is 0 Å². The first-order chi connectivity index (χ1) is 13.2. The van der Waals surface area contributed by atoms with Crippen LogP contribution in [0.1, 0.15) is 23.2 Å². The molecule has 0 amide bonds. The van der Waals surface area contributed by atoms with E-state index in [2.05, 4.69) is 46.8 Å². The highest BCUT2D eigenvalue weighted by atomic mass is 35.5. The van der Waals surface area contributed by atoms with Crippen LogP contribution in [0.5, 0.6) is 0 Å². The Hall–Kier alpha value is -2.43. The van der Waals surface area contributed by atoms with Crippen molar-refractivity contribution in [2.24, 2.45) is 5.41 Å². The second kappa shape index (κ2) is 7.53. The number of nitrogens with one attached hydrogen (secondary N) is 1. The molecule has 2 aromatic carbocycles. The summed E-state index contributed by atoms with van der Waals surface area (Å²) < 4.78 is 15.2. The lowest BCUT2D eigenvalue weighted by atomic mass is 9.66. The third-order valence-electron chi connectivity index (χ3n) is 5.90. The van der Waals surface area contributed by atoms with Gasteiger partial charge in [0, 0.05) is 12.0 Å². The van der Waals surface area contributed by atoms with Crippen molar-refractivity contribution >= 4 is 18.5 Å². The Morgan fingerprint density at radius 2 is 1.86 bits per heavy atom. The molecular formula is C23H23ClFN3. The fourth-order valence-corrected chi connectivity index (χ4v) is 4.56. The van der Waals surface area contributed by atoms with Crippen molar-refractivity contribution in [3.05, 3.63) is 89.0 Å². The van der Waals surface area contributed by atoms with E-state index in [1.54, 1.807) is 12.1 Å². The zero-order valence-corrected chi connectivity index (χ0v) is 16.4. The Labute approximate surface area is 170 Å². The van der Waals surface area contributed by atoms with Gasteiger partial charge in [-0.15, -0.1) is 12.4 Å². The van der Waals surface area contributed by atoms with E-state index in [-0.39, 0.29) is 23.6 Å². The summed E-state index contributed by atoms with van der Waals surface area (Å²) >= 11 is 0. The number of aromatic nitrogens is 2. The van der Waals surface area contributed by atoms with Gasteiger partial charge in [0.25, 0.3) is 0 Å². The summed E-state index contributed by atoms with van der Waals surface area (Å²) in [5.41, 5.74) is 6.30. The Morgan fingerprint density at radius 3 is 2.64 bits per heavy atom. The Kier molecular flexibility index (Phi) is 5.09. The van der Waals surface area contributed by atoms with E-state index in [1.807, 2.05) is 10.9 Å². The van der Waals surface area contributed by atoms with Crippen molar-refractivity contribution in [2.75, 3.05) is 13.1 Å². The number of benzene rings is 2. The summed E-state index contributed by atoms with van der Waals surface area (Å²) in [5.74, 6) is -0.224. The van der Waals surface area contributed by atoms with Crippen LogP contribution in [0.2, 0.25) is 0 Å². The van der Waals surface area contributed by atoms with Crippen LogP contribution >= 0.6 is 12.4 Å². The van der Waals surface area contributed by atoms with Crippen molar-refractivity contribution in [3.63, 3.8) is 0 Å². The number of nitrogens with zero attached hydrogens (tertiary/aromatic N) is 2. The normalized spacial score (nSPS) is 20.5. The van der Waals surface area contributed by atoms with Gasteiger partial charge in [0.05, 0.1) is 17.6 Å².